The molecular formula is C17H13N3O. The van der Waals surface area contributed by atoms with E-state index in [-0.39, 0.29) is 5.69 Å². The molecule has 0 unspecified atom stereocenters. The molecule has 3 rings (SSSR count). The van der Waals surface area contributed by atoms with Gasteiger partial charge in [0, 0.05) is 12.1 Å². The third-order valence-corrected chi connectivity index (χ3v) is 3.01. The molecule has 102 valence electrons. The van der Waals surface area contributed by atoms with Gasteiger partial charge >= 0.3 is 0 Å². The van der Waals surface area contributed by atoms with E-state index < -0.39 is 0 Å². The molecule has 0 atom stereocenters. The third kappa shape index (κ3) is 3.10. The quantitative estimate of drug-likeness (QED) is 0.784. The fraction of sp³-hybridized carbons (Fsp3) is 0.0588. The molecule has 0 bridgehead atoms. The molecule has 0 aliphatic rings. The SMILES string of the molecule is N#Cc1nc(Cc2ccccc2)oc1Nc1ccccc1. The van der Waals surface area contributed by atoms with E-state index in [0.717, 1.165) is 11.3 Å². The summed E-state index contributed by atoms with van der Waals surface area (Å²) in [6.07, 6.45) is 0.561. The highest BCUT2D eigenvalue weighted by Crippen LogP contribution is 2.22. The summed E-state index contributed by atoms with van der Waals surface area (Å²) in [6, 6.07) is 21.5. The second-order valence-electron chi connectivity index (χ2n) is 4.55. The van der Waals surface area contributed by atoms with Gasteiger partial charge in [-0.25, -0.2) is 4.98 Å². The molecule has 4 heteroatoms. The minimum Gasteiger partial charge on any atom is -0.423 e. The monoisotopic (exact) mass is 275 g/mol. The van der Waals surface area contributed by atoms with Crippen molar-refractivity contribution in [1.29, 1.82) is 5.26 Å². The van der Waals surface area contributed by atoms with Crippen molar-refractivity contribution >= 4 is 11.6 Å². The number of aromatic nitrogens is 1. The summed E-state index contributed by atoms with van der Waals surface area (Å²) in [4.78, 5) is 4.23. The molecule has 0 fully saturated rings. The van der Waals surface area contributed by atoms with Gasteiger partial charge in [0.2, 0.25) is 17.5 Å². The van der Waals surface area contributed by atoms with Crippen LogP contribution in [0.25, 0.3) is 0 Å². The van der Waals surface area contributed by atoms with Gasteiger partial charge in [0.25, 0.3) is 0 Å². The number of nitriles is 1. The highest BCUT2D eigenvalue weighted by molar-refractivity contribution is 5.59. The summed E-state index contributed by atoms with van der Waals surface area (Å²) in [7, 11) is 0. The Bertz CT molecular complexity index is 758. The molecule has 0 saturated heterocycles. The first kappa shape index (κ1) is 12.9. The van der Waals surface area contributed by atoms with Crippen LogP contribution in [0.15, 0.2) is 65.1 Å². The predicted octanol–water partition coefficient (Wildman–Crippen LogP) is 3.88. The lowest BCUT2D eigenvalue weighted by Gasteiger charge is -2.01. The Labute approximate surface area is 122 Å². The van der Waals surface area contributed by atoms with Crippen molar-refractivity contribution in [2.45, 2.75) is 6.42 Å². The molecule has 0 spiro atoms. The molecule has 0 aliphatic heterocycles. The summed E-state index contributed by atoms with van der Waals surface area (Å²) < 4.78 is 5.67. The van der Waals surface area contributed by atoms with Crippen LogP contribution >= 0.6 is 0 Å². The van der Waals surface area contributed by atoms with E-state index >= 15 is 0 Å². The molecule has 2 aromatic carbocycles. The van der Waals surface area contributed by atoms with E-state index in [1.807, 2.05) is 60.7 Å². The van der Waals surface area contributed by atoms with Crippen LogP contribution < -0.4 is 5.32 Å². The molecule has 0 saturated carbocycles. The average Bonchev–Trinajstić information content (AvgIpc) is 2.91. The van der Waals surface area contributed by atoms with Crippen LogP contribution in [0.4, 0.5) is 11.6 Å². The summed E-state index contributed by atoms with van der Waals surface area (Å²) in [5.41, 5.74) is 2.22. The number of benzene rings is 2. The Kier molecular flexibility index (Phi) is 3.66. The van der Waals surface area contributed by atoms with E-state index in [4.69, 9.17) is 9.68 Å². The van der Waals surface area contributed by atoms with Crippen molar-refractivity contribution in [2.75, 3.05) is 5.32 Å². The van der Waals surface area contributed by atoms with Gasteiger partial charge in [-0.15, -0.1) is 0 Å². The topological polar surface area (TPSA) is 61.9 Å². The Morgan fingerprint density at radius 2 is 1.67 bits per heavy atom. The van der Waals surface area contributed by atoms with Crippen molar-refractivity contribution in [1.82, 2.24) is 4.98 Å². The third-order valence-electron chi connectivity index (χ3n) is 3.01. The van der Waals surface area contributed by atoms with Crippen LogP contribution in [-0.4, -0.2) is 4.98 Å². The summed E-state index contributed by atoms with van der Waals surface area (Å²) in [5, 5.41) is 12.2. The molecule has 0 aliphatic carbocycles. The predicted molar refractivity (Wildman–Crippen MR) is 80.2 cm³/mol. The Hall–Kier alpha value is -3.06. The molecule has 0 amide bonds. The molecule has 3 aromatic rings. The number of para-hydroxylation sites is 1. The molecule has 0 radical (unpaired) electrons. The number of anilines is 2. The second-order valence-corrected chi connectivity index (χ2v) is 4.55. The van der Waals surface area contributed by atoms with E-state index in [0.29, 0.717) is 18.2 Å². The number of hydrogen-bond donors (Lipinski definition) is 1. The Morgan fingerprint density at radius 3 is 2.33 bits per heavy atom. The fourth-order valence-corrected chi connectivity index (χ4v) is 2.02. The van der Waals surface area contributed by atoms with Crippen LogP contribution in [0.3, 0.4) is 0 Å². The molecule has 1 aromatic heterocycles. The molecule has 21 heavy (non-hydrogen) atoms. The molecular weight excluding hydrogens is 262 g/mol. The van der Waals surface area contributed by atoms with Gasteiger partial charge in [-0.3, -0.25) is 0 Å². The van der Waals surface area contributed by atoms with Crippen molar-refractivity contribution in [3.63, 3.8) is 0 Å². The molecule has 4 nitrogen and oxygen atoms in total. The largest absolute Gasteiger partial charge is 0.423 e. The van der Waals surface area contributed by atoms with Crippen LogP contribution in [0.1, 0.15) is 17.1 Å². The van der Waals surface area contributed by atoms with Gasteiger partial charge < -0.3 is 9.73 Å². The highest BCUT2D eigenvalue weighted by atomic mass is 16.4. The number of hydrogen-bond acceptors (Lipinski definition) is 4. The maximum atomic E-state index is 9.16. The number of nitrogens with zero attached hydrogens (tertiary/aromatic N) is 2. The lowest BCUT2D eigenvalue weighted by Crippen LogP contribution is -1.90. The fourth-order valence-electron chi connectivity index (χ4n) is 2.02. The number of nitrogens with one attached hydrogen (secondary N) is 1. The zero-order chi connectivity index (χ0) is 14.5. The van der Waals surface area contributed by atoms with Gasteiger partial charge in [-0.05, 0) is 17.7 Å². The van der Waals surface area contributed by atoms with Gasteiger partial charge in [-0.2, -0.15) is 5.26 Å². The lowest BCUT2D eigenvalue weighted by atomic mass is 10.1. The van der Waals surface area contributed by atoms with Gasteiger partial charge in [0.05, 0.1) is 0 Å². The van der Waals surface area contributed by atoms with E-state index in [1.54, 1.807) is 0 Å². The maximum Gasteiger partial charge on any atom is 0.236 e. The molecule has 1 heterocycles. The summed E-state index contributed by atoms with van der Waals surface area (Å²) in [6.45, 7) is 0. The van der Waals surface area contributed by atoms with Crippen molar-refractivity contribution < 1.29 is 4.42 Å². The van der Waals surface area contributed by atoms with E-state index in [9.17, 15) is 0 Å². The van der Waals surface area contributed by atoms with Gasteiger partial charge in [-0.1, -0.05) is 48.5 Å². The first-order valence-corrected chi connectivity index (χ1v) is 6.61. The van der Waals surface area contributed by atoms with E-state index in [2.05, 4.69) is 16.4 Å². The van der Waals surface area contributed by atoms with Crippen molar-refractivity contribution in [3.05, 3.63) is 77.8 Å². The van der Waals surface area contributed by atoms with Gasteiger partial charge in [0.1, 0.15) is 6.07 Å². The smallest absolute Gasteiger partial charge is 0.236 e. The van der Waals surface area contributed by atoms with Gasteiger partial charge in [0.15, 0.2) is 0 Å². The maximum absolute atomic E-state index is 9.16. The van der Waals surface area contributed by atoms with Crippen LogP contribution in [0, 0.1) is 11.3 Å². The average molecular weight is 275 g/mol. The summed E-state index contributed by atoms with van der Waals surface area (Å²) >= 11 is 0. The first-order chi connectivity index (χ1) is 10.3. The summed E-state index contributed by atoms with van der Waals surface area (Å²) in [5.74, 6) is 0.908. The first-order valence-electron chi connectivity index (χ1n) is 6.61. The van der Waals surface area contributed by atoms with Crippen LogP contribution in [0.5, 0.6) is 0 Å². The highest BCUT2D eigenvalue weighted by Gasteiger charge is 2.13. The van der Waals surface area contributed by atoms with Crippen molar-refractivity contribution in [3.8, 4) is 6.07 Å². The minimum absolute atomic E-state index is 0.268. The standard InChI is InChI=1S/C17H13N3O/c18-12-15-17(19-14-9-5-2-6-10-14)21-16(20-15)11-13-7-3-1-4-8-13/h1-10,19H,11H2. The zero-order valence-electron chi connectivity index (χ0n) is 11.3. The number of oxazole rings is 1. The lowest BCUT2D eigenvalue weighted by molar-refractivity contribution is 0.522. The van der Waals surface area contributed by atoms with Crippen LogP contribution in [-0.2, 0) is 6.42 Å². The number of rotatable bonds is 4. The minimum atomic E-state index is 0.268. The second kappa shape index (κ2) is 5.93. The van der Waals surface area contributed by atoms with E-state index in [1.165, 1.54) is 0 Å². The van der Waals surface area contributed by atoms with Crippen LogP contribution in [0.2, 0.25) is 0 Å². The Balaban J connectivity index is 1.83. The zero-order valence-corrected chi connectivity index (χ0v) is 11.3. The Morgan fingerprint density at radius 1 is 1.00 bits per heavy atom. The molecule has 1 N–H and O–H groups in total. The normalized spacial score (nSPS) is 10.0. The van der Waals surface area contributed by atoms with Crippen molar-refractivity contribution in [2.24, 2.45) is 0 Å².